The zero-order valence-corrected chi connectivity index (χ0v) is 16.2. The number of aromatic nitrogens is 3. The molecule has 0 saturated carbocycles. The molecule has 1 amide bonds. The molecule has 0 saturated heterocycles. The molecule has 6 nitrogen and oxygen atoms in total. The molecule has 2 heterocycles. The number of benzene rings is 1. The van der Waals surface area contributed by atoms with Crippen LogP contribution in [-0.4, -0.2) is 33.5 Å². The van der Waals surface area contributed by atoms with Gasteiger partial charge in [0.1, 0.15) is 11.4 Å². The minimum atomic E-state index is -0.186. The van der Waals surface area contributed by atoms with E-state index in [2.05, 4.69) is 33.9 Å². The molecule has 0 spiro atoms. The fourth-order valence-electron chi connectivity index (χ4n) is 2.83. The normalized spacial score (nSPS) is 11.4. The van der Waals surface area contributed by atoms with E-state index in [4.69, 9.17) is 4.42 Å². The summed E-state index contributed by atoms with van der Waals surface area (Å²) in [6.07, 6.45) is 3.59. The Labute approximate surface area is 157 Å². The number of carbonyl (C=O) groups excluding carboxylic acids is 1. The lowest BCUT2D eigenvalue weighted by molar-refractivity contribution is 0.0927. The van der Waals surface area contributed by atoms with Crippen molar-refractivity contribution >= 4 is 28.6 Å². The molecule has 0 aliphatic carbocycles. The van der Waals surface area contributed by atoms with E-state index in [1.807, 2.05) is 30.5 Å². The minimum absolute atomic E-state index is 0.186. The van der Waals surface area contributed by atoms with Gasteiger partial charge >= 0.3 is 0 Å². The van der Waals surface area contributed by atoms with Crippen LogP contribution in [0.1, 0.15) is 36.6 Å². The molecule has 26 heavy (non-hydrogen) atoms. The summed E-state index contributed by atoms with van der Waals surface area (Å²) in [6, 6.07) is 9.38. The Balaban J connectivity index is 1.54. The molecule has 138 valence electrons. The number of fused-ring (bicyclic) bond motifs is 1. The van der Waals surface area contributed by atoms with E-state index in [-0.39, 0.29) is 5.91 Å². The summed E-state index contributed by atoms with van der Waals surface area (Å²) in [5.41, 5.74) is 0.726. The number of para-hydroxylation sites is 1. The first-order valence-corrected chi connectivity index (χ1v) is 10.0. The smallest absolute Gasteiger partial charge is 0.287 e. The standard InChI is InChI=1S/C19H24N4O2S/c1-13(2)12-23-17(21-22-19(23)26-3)9-6-10-20-18(24)16-11-14-7-4-5-8-15(14)25-16/h4-5,7-8,11,13H,6,9-10,12H2,1-3H3,(H,20,24). The van der Waals surface area contributed by atoms with Gasteiger partial charge in [-0.15, -0.1) is 10.2 Å². The number of nitrogens with one attached hydrogen (secondary N) is 1. The summed E-state index contributed by atoms with van der Waals surface area (Å²) < 4.78 is 7.76. The fourth-order valence-corrected chi connectivity index (χ4v) is 3.36. The van der Waals surface area contributed by atoms with Crippen molar-refractivity contribution in [2.24, 2.45) is 5.92 Å². The van der Waals surface area contributed by atoms with Gasteiger partial charge in [0, 0.05) is 24.9 Å². The van der Waals surface area contributed by atoms with E-state index in [1.54, 1.807) is 17.8 Å². The quantitative estimate of drug-likeness (QED) is 0.481. The van der Waals surface area contributed by atoms with Crippen molar-refractivity contribution in [3.8, 4) is 0 Å². The van der Waals surface area contributed by atoms with Gasteiger partial charge in [-0.2, -0.15) is 0 Å². The first kappa shape index (κ1) is 18.5. The van der Waals surface area contributed by atoms with Crippen molar-refractivity contribution in [1.82, 2.24) is 20.1 Å². The number of furan rings is 1. The van der Waals surface area contributed by atoms with E-state index in [1.165, 1.54) is 0 Å². The average molecular weight is 372 g/mol. The van der Waals surface area contributed by atoms with E-state index >= 15 is 0 Å². The minimum Gasteiger partial charge on any atom is -0.451 e. The summed E-state index contributed by atoms with van der Waals surface area (Å²) in [7, 11) is 0. The molecular formula is C19H24N4O2S. The highest BCUT2D eigenvalue weighted by Crippen LogP contribution is 2.19. The number of aryl methyl sites for hydroxylation is 1. The average Bonchev–Trinajstić information content (AvgIpc) is 3.22. The predicted octanol–water partition coefficient (Wildman–Crippen LogP) is 3.76. The Morgan fingerprint density at radius 2 is 2.12 bits per heavy atom. The van der Waals surface area contributed by atoms with Crippen LogP contribution in [0.15, 0.2) is 39.9 Å². The zero-order chi connectivity index (χ0) is 18.5. The lowest BCUT2D eigenvalue weighted by Crippen LogP contribution is -2.24. The number of hydrogen-bond acceptors (Lipinski definition) is 5. The molecular weight excluding hydrogens is 348 g/mol. The number of nitrogens with zero attached hydrogens (tertiary/aromatic N) is 3. The van der Waals surface area contributed by atoms with Crippen LogP contribution >= 0.6 is 11.8 Å². The second kappa shape index (κ2) is 8.40. The van der Waals surface area contributed by atoms with Crippen molar-refractivity contribution in [3.63, 3.8) is 0 Å². The van der Waals surface area contributed by atoms with E-state index in [9.17, 15) is 4.79 Å². The van der Waals surface area contributed by atoms with Crippen LogP contribution in [0.2, 0.25) is 0 Å². The Morgan fingerprint density at radius 1 is 1.31 bits per heavy atom. The molecule has 0 unspecified atom stereocenters. The van der Waals surface area contributed by atoms with E-state index in [0.29, 0.717) is 18.2 Å². The highest BCUT2D eigenvalue weighted by Gasteiger charge is 2.14. The first-order chi connectivity index (χ1) is 12.6. The second-order valence-electron chi connectivity index (χ2n) is 6.62. The monoisotopic (exact) mass is 372 g/mol. The number of thioether (sulfide) groups is 1. The van der Waals surface area contributed by atoms with Crippen molar-refractivity contribution in [3.05, 3.63) is 41.9 Å². The first-order valence-electron chi connectivity index (χ1n) is 8.81. The summed E-state index contributed by atoms with van der Waals surface area (Å²) in [5, 5.41) is 13.3. The predicted molar refractivity (Wildman–Crippen MR) is 104 cm³/mol. The molecule has 0 aliphatic heterocycles. The summed E-state index contributed by atoms with van der Waals surface area (Å²) in [4.78, 5) is 12.2. The van der Waals surface area contributed by atoms with Gasteiger partial charge in [-0.05, 0) is 30.7 Å². The SMILES string of the molecule is CSc1nnc(CCCNC(=O)c2cc3ccccc3o2)n1CC(C)C. The Morgan fingerprint density at radius 3 is 2.85 bits per heavy atom. The maximum Gasteiger partial charge on any atom is 0.287 e. The molecule has 1 aromatic carbocycles. The van der Waals surface area contributed by atoms with Gasteiger partial charge in [-0.1, -0.05) is 43.8 Å². The van der Waals surface area contributed by atoms with Crippen molar-refractivity contribution in [2.75, 3.05) is 12.8 Å². The summed E-state index contributed by atoms with van der Waals surface area (Å²) in [6.45, 7) is 5.84. The zero-order valence-electron chi connectivity index (χ0n) is 15.4. The summed E-state index contributed by atoms with van der Waals surface area (Å²) >= 11 is 1.61. The second-order valence-corrected chi connectivity index (χ2v) is 7.39. The Kier molecular flexibility index (Phi) is 5.98. The number of rotatable bonds is 8. The largest absolute Gasteiger partial charge is 0.451 e. The lowest BCUT2D eigenvalue weighted by atomic mass is 10.2. The van der Waals surface area contributed by atoms with Gasteiger partial charge in [0.25, 0.3) is 5.91 Å². The van der Waals surface area contributed by atoms with Crippen molar-refractivity contribution < 1.29 is 9.21 Å². The van der Waals surface area contributed by atoms with Gasteiger partial charge < -0.3 is 14.3 Å². The van der Waals surface area contributed by atoms with E-state index in [0.717, 1.165) is 41.3 Å². The van der Waals surface area contributed by atoms with Gasteiger partial charge in [-0.3, -0.25) is 4.79 Å². The molecule has 3 rings (SSSR count). The van der Waals surface area contributed by atoms with Crippen LogP contribution in [0.4, 0.5) is 0 Å². The lowest BCUT2D eigenvalue weighted by Gasteiger charge is -2.11. The molecule has 3 aromatic rings. The molecule has 0 aliphatic rings. The van der Waals surface area contributed by atoms with Crippen LogP contribution in [0.3, 0.4) is 0 Å². The van der Waals surface area contributed by atoms with Gasteiger partial charge in [0.2, 0.25) is 0 Å². The van der Waals surface area contributed by atoms with Crippen molar-refractivity contribution in [1.29, 1.82) is 0 Å². The number of carbonyl (C=O) groups is 1. The van der Waals surface area contributed by atoms with Crippen molar-refractivity contribution in [2.45, 2.75) is 38.4 Å². The van der Waals surface area contributed by atoms with Crippen LogP contribution in [0, 0.1) is 5.92 Å². The maximum absolute atomic E-state index is 12.2. The van der Waals surface area contributed by atoms with Crippen LogP contribution in [-0.2, 0) is 13.0 Å². The Bertz CT molecular complexity index is 852. The fraction of sp³-hybridized carbons (Fsp3) is 0.421. The Hall–Kier alpha value is -2.28. The highest BCUT2D eigenvalue weighted by molar-refractivity contribution is 7.98. The number of hydrogen-bond donors (Lipinski definition) is 1. The van der Waals surface area contributed by atoms with Gasteiger partial charge in [0.15, 0.2) is 10.9 Å². The third-order valence-electron chi connectivity index (χ3n) is 4.04. The topological polar surface area (TPSA) is 73.0 Å². The molecule has 7 heteroatoms. The molecule has 2 aromatic heterocycles. The highest BCUT2D eigenvalue weighted by atomic mass is 32.2. The van der Waals surface area contributed by atoms with Gasteiger partial charge in [0.05, 0.1) is 0 Å². The molecule has 0 bridgehead atoms. The molecule has 0 atom stereocenters. The maximum atomic E-state index is 12.2. The third kappa shape index (κ3) is 4.27. The molecule has 0 radical (unpaired) electrons. The molecule has 1 N–H and O–H groups in total. The number of amides is 1. The van der Waals surface area contributed by atoms with Crippen LogP contribution < -0.4 is 5.32 Å². The van der Waals surface area contributed by atoms with E-state index < -0.39 is 0 Å². The van der Waals surface area contributed by atoms with Crippen LogP contribution in [0.25, 0.3) is 11.0 Å². The third-order valence-corrected chi connectivity index (χ3v) is 4.70. The van der Waals surface area contributed by atoms with Gasteiger partial charge in [-0.25, -0.2) is 0 Å². The van der Waals surface area contributed by atoms with Crippen LogP contribution in [0.5, 0.6) is 0 Å². The molecule has 0 fully saturated rings. The summed E-state index contributed by atoms with van der Waals surface area (Å²) in [5.74, 6) is 1.66.